The number of fused-ring (bicyclic) bond motifs is 1. The number of cyclic esters (lactones) is 1. The summed E-state index contributed by atoms with van der Waals surface area (Å²) >= 11 is 3.41. The van der Waals surface area contributed by atoms with Crippen LogP contribution in [0.4, 0.5) is 0 Å². The van der Waals surface area contributed by atoms with Gasteiger partial charge in [0.15, 0.2) is 0 Å². The second-order valence-corrected chi connectivity index (χ2v) is 5.80. The number of benzene rings is 1. The van der Waals surface area contributed by atoms with Gasteiger partial charge in [0.2, 0.25) is 0 Å². The fraction of sp³-hybridized carbons (Fsp3) is 0.417. The van der Waals surface area contributed by atoms with Gasteiger partial charge < -0.3 is 4.74 Å². The Morgan fingerprint density at radius 3 is 2.60 bits per heavy atom. The van der Waals surface area contributed by atoms with E-state index in [4.69, 9.17) is 4.74 Å². The van der Waals surface area contributed by atoms with Crippen LogP contribution >= 0.6 is 15.9 Å². The summed E-state index contributed by atoms with van der Waals surface area (Å²) < 4.78 is 6.37. The van der Waals surface area contributed by atoms with Crippen molar-refractivity contribution in [1.29, 1.82) is 0 Å². The van der Waals surface area contributed by atoms with E-state index in [1.54, 1.807) is 0 Å². The Morgan fingerprint density at radius 2 is 2.00 bits per heavy atom. The maximum atomic E-state index is 11.6. The third-order valence-electron chi connectivity index (χ3n) is 2.53. The highest BCUT2D eigenvalue weighted by Gasteiger charge is 2.38. The van der Waals surface area contributed by atoms with Gasteiger partial charge in [-0.15, -0.1) is 0 Å². The van der Waals surface area contributed by atoms with Crippen molar-refractivity contribution in [2.45, 2.75) is 26.9 Å². The van der Waals surface area contributed by atoms with Crippen molar-refractivity contribution < 1.29 is 9.53 Å². The van der Waals surface area contributed by atoms with Gasteiger partial charge in [0.05, 0.1) is 5.56 Å². The van der Waals surface area contributed by atoms with Crippen LogP contribution in [0.3, 0.4) is 0 Å². The Balaban J connectivity index is 2.53. The molecule has 80 valence electrons. The number of hydrogen-bond acceptors (Lipinski definition) is 2. The Labute approximate surface area is 97.8 Å². The molecule has 0 amide bonds. The number of ether oxygens (including phenoxy) is 1. The minimum absolute atomic E-state index is 0.0678. The molecule has 0 aliphatic carbocycles. The van der Waals surface area contributed by atoms with E-state index in [2.05, 4.69) is 36.7 Å². The number of rotatable bonds is 0. The van der Waals surface area contributed by atoms with Gasteiger partial charge in [0.1, 0.15) is 6.10 Å². The van der Waals surface area contributed by atoms with Crippen LogP contribution in [0, 0.1) is 5.41 Å². The first-order chi connectivity index (χ1) is 6.89. The molecule has 2 nitrogen and oxygen atoms in total. The van der Waals surface area contributed by atoms with E-state index < -0.39 is 0 Å². The van der Waals surface area contributed by atoms with E-state index >= 15 is 0 Å². The molecule has 0 spiro atoms. The van der Waals surface area contributed by atoms with E-state index in [-0.39, 0.29) is 17.5 Å². The SMILES string of the molecule is CC(C)(C)C1OC(=O)c2ccc(Br)cc21. The maximum absolute atomic E-state index is 11.6. The molecule has 1 aliphatic heterocycles. The lowest BCUT2D eigenvalue weighted by atomic mass is 9.84. The van der Waals surface area contributed by atoms with Gasteiger partial charge in [0.25, 0.3) is 0 Å². The van der Waals surface area contributed by atoms with E-state index in [0.717, 1.165) is 10.0 Å². The van der Waals surface area contributed by atoms with Crippen LogP contribution in [0.1, 0.15) is 42.8 Å². The first-order valence-electron chi connectivity index (χ1n) is 4.90. The second-order valence-electron chi connectivity index (χ2n) is 4.88. The van der Waals surface area contributed by atoms with E-state index in [0.29, 0.717) is 5.56 Å². The van der Waals surface area contributed by atoms with Gasteiger partial charge in [0, 0.05) is 15.5 Å². The lowest BCUT2D eigenvalue weighted by molar-refractivity contribution is 0.00777. The summed E-state index contributed by atoms with van der Waals surface area (Å²) in [6, 6.07) is 5.65. The van der Waals surface area contributed by atoms with Crippen molar-refractivity contribution in [2.24, 2.45) is 5.41 Å². The van der Waals surface area contributed by atoms with Crippen molar-refractivity contribution >= 4 is 21.9 Å². The quantitative estimate of drug-likeness (QED) is 0.671. The molecule has 2 rings (SSSR count). The van der Waals surface area contributed by atoms with Crippen molar-refractivity contribution in [2.75, 3.05) is 0 Å². The largest absolute Gasteiger partial charge is 0.453 e. The molecule has 1 aromatic carbocycles. The van der Waals surface area contributed by atoms with Crippen LogP contribution in [0.5, 0.6) is 0 Å². The molecular weight excluding hydrogens is 256 g/mol. The van der Waals surface area contributed by atoms with Gasteiger partial charge in [-0.25, -0.2) is 4.79 Å². The molecule has 0 radical (unpaired) electrons. The minimum Gasteiger partial charge on any atom is -0.453 e. The van der Waals surface area contributed by atoms with Crippen LogP contribution in [0.25, 0.3) is 0 Å². The molecule has 0 bridgehead atoms. The Hall–Kier alpha value is -0.830. The highest BCUT2D eigenvalue weighted by atomic mass is 79.9. The van der Waals surface area contributed by atoms with E-state index in [9.17, 15) is 4.79 Å². The van der Waals surface area contributed by atoms with Crippen molar-refractivity contribution in [3.63, 3.8) is 0 Å². The van der Waals surface area contributed by atoms with Crippen LogP contribution < -0.4 is 0 Å². The molecule has 0 saturated carbocycles. The average Bonchev–Trinajstić information content (AvgIpc) is 2.42. The average molecular weight is 269 g/mol. The van der Waals surface area contributed by atoms with Crippen LogP contribution in [-0.4, -0.2) is 5.97 Å². The molecule has 0 aromatic heterocycles. The smallest absolute Gasteiger partial charge is 0.339 e. The number of esters is 1. The normalized spacial score (nSPS) is 20.0. The van der Waals surface area contributed by atoms with Crippen LogP contribution in [0.2, 0.25) is 0 Å². The topological polar surface area (TPSA) is 26.3 Å². The monoisotopic (exact) mass is 268 g/mol. The molecular formula is C12H13BrO2. The van der Waals surface area contributed by atoms with Crippen molar-refractivity contribution in [3.05, 3.63) is 33.8 Å². The molecule has 1 unspecified atom stereocenters. The third kappa shape index (κ3) is 1.81. The van der Waals surface area contributed by atoms with Gasteiger partial charge in [-0.1, -0.05) is 36.7 Å². The molecule has 1 aromatic rings. The molecule has 0 N–H and O–H groups in total. The van der Waals surface area contributed by atoms with Crippen LogP contribution in [-0.2, 0) is 4.74 Å². The molecule has 1 aliphatic rings. The predicted octanol–water partition coefficient (Wildman–Crippen LogP) is 3.71. The summed E-state index contributed by atoms with van der Waals surface area (Å²) in [4.78, 5) is 11.6. The fourth-order valence-electron chi connectivity index (χ4n) is 1.81. The maximum Gasteiger partial charge on any atom is 0.339 e. The molecule has 0 saturated heterocycles. The third-order valence-corrected chi connectivity index (χ3v) is 3.02. The summed E-state index contributed by atoms with van der Waals surface area (Å²) in [6.07, 6.45) is -0.141. The lowest BCUT2D eigenvalue weighted by Gasteiger charge is -2.26. The van der Waals surface area contributed by atoms with Gasteiger partial charge in [-0.2, -0.15) is 0 Å². The predicted molar refractivity (Wildman–Crippen MR) is 61.8 cm³/mol. The summed E-state index contributed by atoms with van der Waals surface area (Å²) in [5, 5.41) is 0. The molecule has 1 atom stereocenters. The standard InChI is InChI=1S/C12H13BrO2/c1-12(2,3)10-9-6-7(13)4-5-8(9)11(14)15-10/h4-6,10H,1-3H3. The summed E-state index contributed by atoms with van der Waals surface area (Å²) in [5.41, 5.74) is 1.61. The van der Waals surface area contributed by atoms with E-state index in [1.807, 2.05) is 18.2 Å². The van der Waals surface area contributed by atoms with Crippen LogP contribution in [0.15, 0.2) is 22.7 Å². The number of carbonyl (C=O) groups is 1. The fourth-order valence-corrected chi connectivity index (χ4v) is 2.19. The zero-order chi connectivity index (χ0) is 11.2. The summed E-state index contributed by atoms with van der Waals surface area (Å²) in [5.74, 6) is -0.211. The minimum atomic E-state index is -0.211. The lowest BCUT2D eigenvalue weighted by Crippen LogP contribution is -2.18. The first kappa shape index (κ1) is 10.7. The summed E-state index contributed by atoms with van der Waals surface area (Å²) in [7, 11) is 0. The number of halogens is 1. The Morgan fingerprint density at radius 1 is 1.33 bits per heavy atom. The highest BCUT2D eigenvalue weighted by Crippen LogP contribution is 2.43. The second kappa shape index (κ2) is 3.34. The zero-order valence-electron chi connectivity index (χ0n) is 9.00. The molecule has 15 heavy (non-hydrogen) atoms. The number of carbonyl (C=O) groups excluding carboxylic acids is 1. The zero-order valence-corrected chi connectivity index (χ0v) is 10.6. The van der Waals surface area contributed by atoms with Gasteiger partial charge >= 0.3 is 5.97 Å². The number of hydrogen-bond donors (Lipinski definition) is 0. The van der Waals surface area contributed by atoms with Gasteiger partial charge in [-0.3, -0.25) is 0 Å². The first-order valence-corrected chi connectivity index (χ1v) is 5.69. The molecule has 0 fully saturated rings. The molecule has 3 heteroatoms. The summed E-state index contributed by atoms with van der Waals surface area (Å²) in [6.45, 7) is 6.21. The Kier molecular flexibility index (Phi) is 2.38. The Bertz CT molecular complexity index is 418. The molecule has 1 heterocycles. The van der Waals surface area contributed by atoms with Gasteiger partial charge in [-0.05, 0) is 18.2 Å². The van der Waals surface area contributed by atoms with Crippen molar-refractivity contribution in [1.82, 2.24) is 0 Å². The van der Waals surface area contributed by atoms with Crippen molar-refractivity contribution in [3.8, 4) is 0 Å². The van der Waals surface area contributed by atoms with E-state index in [1.165, 1.54) is 0 Å². The highest BCUT2D eigenvalue weighted by molar-refractivity contribution is 9.10.